The summed E-state index contributed by atoms with van der Waals surface area (Å²) in [5, 5.41) is 3.23. The zero-order chi connectivity index (χ0) is 11.3. The fourth-order valence-corrected chi connectivity index (χ4v) is 2.03. The summed E-state index contributed by atoms with van der Waals surface area (Å²) in [5.41, 5.74) is 0. The molecule has 0 spiro atoms. The Bertz CT molecular complexity index is 196. The van der Waals surface area contributed by atoms with Crippen LogP contribution in [-0.2, 0) is 4.79 Å². The van der Waals surface area contributed by atoms with Crippen molar-refractivity contribution in [1.82, 2.24) is 10.2 Å². The maximum atomic E-state index is 12.2. The standard InChI is InChI=1S/C12H24N2O/c1-4-6-14(7-5-2)12(15)10(3)11-8-13-9-11/h10-11,13H,4-9H2,1-3H3. The molecular weight excluding hydrogens is 188 g/mol. The molecule has 15 heavy (non-hydrogen) atoms. The molecule has 1 heterocycles. The van der Waals surface area contributed by atoms with E-state index >= 15 is 0 Å². The molecule has 1 rings (SSSR count). The molecule has 1 fully saturated rings. The average molecular weight is 212 g/mol. The second-order valence-electron chi connectivity index (χ2n) is 4.53. The third kappa shape index (κ3) is 3.20. The van der Waals surface area contributed by atoms with Gasteiger partial charge in [-0.3, -0.25) is 4.79 Å². The van der Waals surface area contributed by atoms with Gasteiger partial charge in [0.25, 0.3) is 0 Å². The summed E-state index contributed by atoms with van der Waals surface area (Å²) in [5.74, 6) is 1.11. The van der Waals surface area contributed by atoms with Gasteiger partial charge in [0.05, 0.1) is 0 Å². The zero-order valence-corrected chi connectivity index (χ0v) is 10.3. The van der Waals surface area contributed by atoms with E-state index in [9.17, 15) is 4.79 Å². The molecule has 88 valence electrons. The van der Waals surface area contributed by atoms with Gasteiger partial charge in [-0.2, -0.15) is 0 Å². The lowest BCUT2D eigenvalue weighted by Crippen LogP contribution is -2.50. The van der Waals surface area contributed by atoms with Crippen LogP contribution in [0.1, 0.15) is 33.6 Å². The third-order valence-corrected chi connectivity index (χ3v) is 3.21. The van der Waals surface area contributed by atoms with Crippen molar-refractivity contribution in [3.63, 3.8) is 0 Å². The minimum Gasteiger partial charge on any atom is -0.342 e. The van der Waals surface area contributed by atoms with Crippen molar-refractivity contribution in [2.45, 2.75) is 33.6 Å². The minimum absolute atomic E-state index is 0.198. The molecule has 0 bridgehead atoms. The summed E-state index contributed by atoms with van der Waals surface area (Å²) in [6.07, 6.45) is 2.11. The molecule has 1 N–H and O–H groups in total. The van der Waals surface area contributed by atoms with Gasteiger partial charge in [0.15, 0.2) is 0 Å². The van der Waals surface area contributed by atoms with E-state index in [1.165, 1.54) is 0 Å². The second-order valence-corrected chi connectivity index (χ2v) is 4.53. The summed E-state index contributed by atoms with van der Waals surface area (Å²) in [7, 11) is 0. The van der Waals surface area contributed by atoms with Crippen molar-refractivity contribution in [3.05, 3.63) is 0 Å². The van der Waals surface area contributed by atoms with Gasteiger partial charge < -0.3 is 10.2 Å². The number of carbonyl (C=O) groups excluding carboxylic acids is 1. The maximum absolute atomic E-state index is 12.2. The van der Waals surface area contributed by atoms with Crippen LogP contribution in [0.5, 0.6) is 0 Å². The normalized spacial score (nSPS) is 18.3. The molecule has 0 radical (unpaired) electrons. The minimum atomic E-state index is 0.198. The molecule has 0 aliphatic carbocycles. The molecule has 1 aliphatic rings. The van der Waals surface area contributed by atoms with Gasteiger partial charge in [-0.25, -0.2) is 0 Å². The summed E-state index contributed by atoms with van der Waals surface area (Å²) in [6.45, 7) is 10.2. The largest absolute Gasteiger partial charge is 0.342 e. The Hall–Kier alpha value is -0.570. The summed E-state index contributed by atoms with van der Waals surface area (Å²) >= 11 is 0. The van der Waals surface area contributed by atoms with Gasteiger partial charge in [-0.1, -0.05) is 20.8 Å². The number of hydrogen-bond donors (Lipinski definition) is 1. The summed E-state index contributed by atoms with van der Waals surface area (Å²) in [4.78, 5) is 14.2. The highest BCUT2D eigenvalue weighted by Crippen LogP contribution is 2.18. The van der Waals surface area contributed by atoms with Gasteiger partial charge in [0, 0.05) is 19.0 Å². The van der Waals surface area contributed by atoms with Crippen LogP contribution in [0.15, 0.2) is 0 Å². The molecule has 1 unspecified atom stereocenters. The topological polar surface area (TPSA) is 32.3 Å². The molecule has 0 aromatic rings. The van der Waals surface area contributed by atoms with E-state index < -0.39 is 0 Å². The smallest absolute Gasteiger partial charge is 0.225 e. The number of rotatable bonds is 6. The van der Waals surface area contributed by atoms with Crippen molar-refractivity contribution < 1.29 is 4.79 Å². The summed E-state index contributed by atoms with van der Waals surface area (Å²) in [6, 6.07) is 0. The first kappa shape index (κ1) is 12.5. The van der Waals surface area contributed by atoms with Crippen molar-refractivity contribution in [3.8, 4) is 0 Å². The zero-order valence-electron chi connectivity index (χ0n) is 10.3. The predicted molar refractivity (Wildman–Crippen MR) is 62.7 cm³/mol. The van der Waals surface area contributed by atoms with Gasteiger partial charge in [-0.15, -0.1) is 0 Å². The molecule has 3 nitrogen and oxygen atoms in total. The lowest BCUT2D eigenvalue weighted by Gasteiger charge is -2.35. The fourth-order valence-electron chi connectivity index (χ4n) is 2.03. The highest BCUT2D eigenvalue weighted by molar-refractivity contribution is 5.79. The first-order valence-electron chi connectivity index (χ1n) is 6.20. The first-order valence-corrected chi connectivity index (χ1v) is 6.20. The van der Waals surface area contributed by atoms with Crippen molar-refractivity contribution in [2.24, 2.45) is 11.8 Å². The Morgan fingerprint density at radius 2 is 1.87 bits per heavy atom. The maximum Gasteiger partial charge on any atom is 0.225 e. The van der Waals surface area contributed by atoms with Crippen LogP contribution in [0, 0.1) is 11.8 Å². The molecule has 3 heteroatoms. The lowest BCUT2D eigenvalue weighted by atomic mass is 9.88. The van der Waals surface area contributed by atoms with Crippen LogP contribution in [-0.4, -0.2) is 37.0 Å². The van der Waals surface area contributed by atoms with Gasteiger partial charge in [0.1, 0.15) is 0 Å². The van der Waals surface area contributed by atoms with Gasteiger partial charge in [-0.05, 0) is 31.8 Å². The van der Waals surface area contributed by atoms with Crippen molar-refractivity contribution >= 4 is 5.91 Å². The van der Waals surface area contributed by atoms with E-state index in [-0.39, 0.29) is 5.92 Å². The Balaban J connectivity index is 2.45. The monoisotopic (exact) mass is 212 g/mol. The number of nitrogens with zero attached hydrogens (tertiary/aromatic N) is 1. The molecule has 1 amide bonds. The Labute approximate surface area is 93.2 Å². The first-order chi connectivity index (χ1) is 7.20. The Morgan fingerprint density at radius 3 is 2.20 bits per heavy atom. The second kappa shape index (κ2) is 6.11. The average Bonchev–Trinajstić information content (AvgIpc) is 2.13. The van der Waals surface area contributed by atoms with Crippen LogP contribution >= 0.6 is 0 Å². The van der Waals surface area contributed by atoms with E-state index in [1.54, 1.807) is 0 Å². The summed E-state index contributed by atoms with van der Waals surface area (Å²) < 4.78 is 0. The van der Waals surface area contributed by atoms with E-state index in [2.05, 4.69) is 26.1 Å². The third-order valence-electron chi connectivity index (χ3n) is 3.21. The highest BCUT2D eigenvalue weighted by Gasteiger charge is 2.30. The number of carbonyl (C=O) groups is 1. The molecule has 1 aliphatic heterocycles. The van der Waals surface area contributed by atoms with E-state index in [0.717, 1.165) is 39.0 Å². The van der Waals surface area contributed by atoms with Crippen LogP contribution < -0.4 is 5.32 Å². The van der Waals surface area contributed by atoms with Gasteiger partial charge >= 0.3 is 0 Å². The Morgan fingerprint density at radius 1 is 1.33 bits per heavy atom. The van der Waals surface area contributed by atoms with Crippen molar-refractivity contribution in [2.75, 3.05) is 26.2 Å². The fraction of sp³-hybridized carbons (Fsp3) is 0.917. The lowest BCUT2D eigenvalue weighted by molar-refractivity contribution is -0.137. The van der Waals surface area contributed by atoms with E-state index in [1.807, 2.05) is 4.90 Å². The van der Waals surface area contributed by atoms with Gasteiger partial charge in [0.2, 0.25) is 5.91 Å². The SMILES string of the molecule is CCCN(CCC)C(=O)C(C)C1CNC1. The van der Waals surface area contributed by atoms with E-state index in [0.29, 0.717) is 11.8 Å². The highest BCUT2D eigenvalue weighted by atomic mass is 16.2. The van der Waals surface area contributed by atoms with Crippen LogP contribution in [0.25, 0.3) is 0 Å². The molecular formula is C12H24N2O. The van der Waals surface area contributed by atoms with Crippen LogP contribution in [0.2, 0.25) is 0 Å². The number of nitrogens with one attached hydrogen (secondary N) is 1. The van der Waals surface area contributed by atoms with Crippen LogP contribution in [0.3, 0.4) is 0 Å². The van der Waals surface area contributed by atoms with E-state index in [4.69, 9.17) is 0 Å². The number of amides is 1. The molecule has 0 aromatic carbocycles. The molecule has 1 saturated heterocycles. The predicted octanol–water partition coefficient (Wildman–Crippen LogP) is 1.49. The molecule has 1 atom stereocenters. The van der Waals surface area contributed by atoms with Crippen molar-refractivity contribution in [1.29, 1.82) is 0 Å². The number of hydrogen-bond acceptors (Lipinski definition) is 2. The molecule has 0 aromatic heterocycles. The van der Waals surface area contributed by atoms with Crippen LogP contribution in [0.4, 0.5) is 0 Å². The quantitative estimate of drug-likeness (QED) is 0.723. The Kier molecular flexibility index (Phi) is 5.09. The molecule has 0 saturated carbocycles.